The summed E-state index contributed by atoms with van der Waals surface area (Å²) in [5.74, 6) is -1.03. The maximum absolute atomic E-state index is 12.1. The Balaban J connectivity index is 1.93. The predicted octanol–water partition coefficient (Wildman–Crippen LogP) is 1.76. The molecule has 3 N–H and O–H groups in total. The van der Waals surface area contributed by atoms with Crippen molar-refractivity contribution >= 4 is 27.6 Å². The van der Waals surface area contributed by atoms with E-state index in [0.29, 0.717) is 5.69 Å². The number of esters is 1. The summed E-state index contributed by atoms with van der Waals surface area (Å²) in [5, 5.41) is 7.56. The number of carbonyl (C=O) groups is 2. The van der Waals surface area contributed by atoms with Crippen molar-refractivity contribution in [3.63, 3.8) is 0 Å². The van der Waals surface area contributed by atoms with Crippen LogP contribution in [-0.2, 0) is 30.8 Å². The molecular formula is C18H20N2O5S. The van der Waals surface area contributed by atoms with Crippen molar-refractivity contribution in [2.24, 2.45) is 5.14 Å². The number of carbonyl (C=O) groups excluding carboxylic acids is 2. The van der Waals surface area contributed by atoms with E-state index in [4.69, 9.17) is 9.88 Å². The number of benzene rings is 2. The van der Waals surface area contributed by atoms with Crippen LogP contribution in [0.15, 0.2) is 53.4 Å². The molecule has 0 saturated carbocycles. The lowest BCUT2D eigenvalue weighted by molar-refractivity contribution is -0.152. The van der Waals surface area contributed by atoms with Crippen LogP contribution in [0.5, 0.6) is 0 Å². The van der Waals surface area contributed by atoms with Gasteiger partial charge in [0.2, 0.25) is 10.0 Å². The fourth-order valence-electron chi connectivity index (χ4n) is 2.23. The minimum Gasteiger partial charge on any atom is -0.452 e. The minimum atomic E-state index is -3.80. The number of nitrogens with two attached hydrogens (primary N) is 1. The van der Waals surface area contributed by atoms with Gasteiger partial charge in [0.05, 0.1) is 11.3 Å². The van der Waals surface area contributed by atoms with Crippen molar-refractivity contribution in [3.8, 4) is 0 Å². The van der Waals surface area contributed by atoms with E-state index in [2.05, 4.69) is 5.32 Å². The molecule has 0 bridgehead atoms. The van der Waals surface area contributed by atoms with Crippen LogP contribution in [0, 0.1) is 6.92 Å². The van der Waals surface area contributed by atoms with Gasteiger partial charge in [-0.05, 0) is 49.2 Å². The van der Waals surface area contributed by atoms with Crippen LogP contribution >= 0.6 is 0 Å². The Morgan fingerprint density at radius 1 is 1.12 bits per heavy atom. The van der Waals surface area contributed by atoms with Crippen LogP contribution in [0.2, 0.25) is 0 Å². The first-order chi connectivity index (χ1) is 12.2. The van der Waals surface area contributed by atoms with Crippen molar-refractivity contribution in [2.75, 3.05) is 5.32 Å². The Labute approximate surface area is 152 Å². The number of nitrogens with one attached hydrogen (secondary N) is 1. The zero-order valence-electron chi connectivity index (χ0n) is 14.4. The maximum atomic E-state index is 12.1. The highest BCUT2D eigenvalue weighted by Gasteiger charge is 2.19. The van der Waals surface area contributed by atoms with Crippen molar-refractivity contribution in [3.05, 3.63) is 59.7 Å². The molecule has 1 atom stereocenters. The lowest BCUT2D eigenvalue weighted by Crippen LogP contribution is -2.30. The standard InChI is InChI=1S/C18H20N2O5S/c1-12-5-3-4-6-14(12)11-17(21)25-13(2)18(22)20-15-7-9-16(10-8-15)26(19,23)24/h3-10,13H,11H2,1-2H3,(H,20,22)(H2,19,23,24). The molecule has 0 radical (unpaired) electrons. The number of anilines is 1. The van der Waals surface area contributed by atoms with E-state index in [9.17, 15) is 18.0 Å². The summed E-state index contributed by atoms with van der Waals surface area (Å²) in [5.41, 5.74) is 2.17. The molecule has 0 spiro atoms. The largest absolute Gasteiger partial charge is 0.452 e. The molecule has 0 aromatic heterocycles. The van der Waals surface area contributed by atoms with Crippen molar-refractivity contribution in [2.45, 2.75) is 31.3 Å². The van der Waals surface area contributed by atoms with Gasteiger partial charge in [0.15, 0.2) is 6.10 Å². The van der Waals surface area contributed by atoms with Gasteiger partial charge in [0, 0.05) is 5.69 Å². The minimum absolute atomic E-state index is 0.0618. The smallest absolute Gasteiger partial charge is 0.311 e. The lowest BCUT2D eigenvalue weighted by atomic mass is 10.1. The molecule has 1 amide bonds. The van der Waals surface area contributed by atoms with Crippen molar-refractivity contribution < 1.29 is 22.7 Å². The van der Waals surface area contributed by atoms with Gasteiger partial charge in [-0.25, -0.2) is 13.6 Å². The zero-order chi connectivity index (χ0) is 19.3. The summed E-state index contributed by atoms with van der Waals surface area (Å²) in [6.07, 6.45) is -0.919. The molecule has 0 saturated heterocycles. The number of ether oxygens (including phenoxy) is 1. The molecule has 0 heterocycles. The highest BCUT2D eigenvalue weighted by atomic mass is 32.2. The Morgan fingerprint density at radius 3 is 2.31 bits per heavy atom. The summed E-state index contributed by atoms with van der Waals surface area (Å²) in [7, 11) is -3.80. The van der Waals surface area contributed by atoms with E-state index in [-0.39, 0.29) is 11.3 Å². The Morgan fingerprint density at radius 2 is 1.73 bits per heavy atom. The van der Waals surface area contributed by atoms with E-state index in [1.807, 2.05) is 31.2 Å². The molecule has 2 aromatic carbocycles. The summed E-state index contributed by atoms with van der Waals surface area (Å²) < 4.78 is 27.6. The van der Waals surface area contributed by atoms with E-state index >= 15 is 0 Å². The average molecular weight is 376 g/mol. The SMILES string of the molecule is Cc1ccccc1CC(=O)OC(C)C(=O)Nc1ccc(S(N)(=O)=O)cc1. The Kier molecular flexibility index (Phi) is 6.12. The third-order valence-electron chi connectivity index (χ3n) is 3.72. The normalized spacial score (nSPS) is 12.3. The van der Waals surface area contributed by atoms with E-state index in [1.54, 1.807) is 0 Å². The summed E-state index contributed by atoms with van der Waals surface area (Å²) >= 11 is 0. The highest BCUT2D eigenvalue weighted by Crippen LogP contribution is 2.14. The van der Waals surface area contributed by atoms with E-state index < -0.39 is 28.0 Å². The lowest BCUT2D eigenvalue weighted by Gasteiger charge is -2.14. The fraction of sp³-hybridized carbons (Fsp3) is 0.222. The molecule has 0 aliphatic carbocycles. The van der Waals surface area contributed by atoms with Crippen LogP contribution in [0.25, 0.3) is 0 Å². The first kappa shape index (κ1) is 19.6. The average Bonchev–Trinajstić information content (AvgIpc) is 2.56. The van der Waals surface area contributed by atoms with Gasteiger partial charge < -0.3 is 10.1 Å². The number of amides is 1. The first-order valence-electron chi connectivity index (χ1n) is 7.84. The molecule has 26 heavy (non-hydrogen) atoms. The Bertz CT molecular complexity index is 907. The van der Waals surface area contributed by atoms with Gasteiger partial charge in [0.1, 0.15) is 0 Å². The van der Waals surface area contributed by atoms with Crippen LogP contribution in [0.1, 0.15) is 18.1 Å². The van der Waals surface area contributed by atoms with Crippen molar-refractivity contribution in [1.29, 1.82) is 0 Å². The molecule has 1 unspecified atom stereocenters. The van der Waals surface area contributed by atoms with Crippen molar-refractivity contribution in [1.82, 2.24) is 0 Å². The topological polar surface area (TPSA) is 116 Å². The molecule has 0 fully saturated rings. The number of rotatable bonds is 6. The quantitative estimate of drug-likeness (QED) is 0.745. The molecular weight excluding hydrogens is 356 g/mol. The van der Waals surface area contributed by atoms with Crippen LogP contribution in [0.3, 0.4) is 0 Å². The predicted molar refractivity (Wildman–Crippen MR) is 96.9 cm³/mol. The number of hydrogen-bond donors (Lipinski definition) is 2. The third-order valence-corrected chi connectivity index (χ3v) is 4.65. The van der Waals surface area contributed by atoms with Crippen LogP contribution < -0.4 is 10.5 Å². The van der Waals surface area contributed by atoms with Gasteiger partial charge >= 0.3 is 5.97 Å². The van der Waals surface area contributed by atoms with Gasteiger partial charge in [-0.15, -0.1) is 0 Å². The molecule has 7 nitrogen and oxygen atoms in total. The van der Waals surface area contributed by atoms with Gasteiger partial charge in [-0.3, -0.25) is 9.59 Å². The zero-order valence-corrected chi connectivity index (χ0v) is 15.2. The van der Waals surface area contributed by atoms with Gasteiger partial charge in [-0.2, -0.15) is 0 Å². The van der Waals surface area contributed by atoms with Gasteiger partial charge in [0.25, 0.3) is 5.91 Å². The second-order valence-corrected chi connectivity index (χ2v) is 7.36. The third kappa shape index (κ3) is 5.40. The summed E-state index contributed by atoms with van der Waals surface area (Å²) in [4.78, 5) is 24.1. The number of hydrogen-bond acceptors (Lipinski definition) is 5. The van der Waals surface area contributed by atoms with E-state index in [1.165, 1.54) is 31.2 Å². The summed E-state index contributed by atoms with van der Waals surface area (Å²) in [6.45, 7) is 3.35. The Hall–Kier alpha value is -2.71. The number of aryl methyl sites for hydroxylation is 1. The first-order valence-corrected chi connectivity index (χ1v) is 9.39. The highest BCUT2D eigenvalue weighted by molar-refractivity contribution is 7.89. The van der Waals surface area contributed by atoms with Gasteiger partial charge in [-0.1, -0.05) is 24.3 Å². The second-order valence-electron chi connectivity index (χ2n) is 5.79. The molecule has 0 aliphatic heterocycles. The maximum Gasteiger partial charge on any atom is 0.311 e. The van der Waals surface area contributed by atoms with E-state index in [0.717, 1.165) is 11.1 Å². The number of sulfonamides is 1. The molecule has 0 aliphatic rings. The van der Waals surface area contributed by atoms with Crippen LogP contribution in [-0.4, -0.2) is 26.4 Å². The fourth-order valence-corrected chi connectivity index (χ4v) is 2.74. The molecule has 8 heteroatoms. The summed E-state index contributed by atoms with van der Waals surface area (Å²) in [6, 6.07) is 12.8. The molecule has 2 rings (SSSR count). The van der Waals surface area contributed by atoms with Crippen LogP contribution in [0.4, 0.5) is 5.69 Å². The molecule has 2 aromatic rings. The second kappa shape index (κ2) is 8.11. The number of primary sulfonamides is 1. The monoisotopic (exact) mass is 376 g/mol. The molecule has 138 valence electrons.